The summed E-state index contributed by atoms with van der Waals surface area (Å²) in [7, 11) is 0. The number of aromatic nitrogens is 3. The van der Waals surface area contributed by atoms with Gasteiger partial charge >= 0.3 is 0 Å². The summed E-state index contributed by atoms with van der Waals surface area (Å²) >= 11 is 0. The zero-order valence-corrected chi connectivity index (χ0v) is 16.6. The van der Waals surface area contributed by atoms with Crippen LogP contribution in [0.1, 0.15) is 41.3 Å². The van der Waals surface area contributed by atoms with Crippen LogP contribution >= 0.6 is 0 Å². The summed E-state index contributed by atoms with van der Waals surface area (Å²) in [5.41, 5.74) is 5.16. The van der Waals surface area contributed by atoms with Crippen LogP contribution in [-0.4, -0.2) is 45.4 Å². The number of benzene rings is 1. The first-order valence-electron chi connectivity index (χ1n) is 9.85. The molecule has 144 valence electrons. The first-order chi connectivity index (χ1) is 13.6. The van der Waals surface area contributed by atoms with Gasteiger partial charge in [0.15, 0.2) is 0 Å². The second kappa shape index (κ2) is 7.54. The summed E-state index contributed by atoms with van der Waals surface area (Å²) in [6.07, 6.45) is 5.67. The van der Waals surface area contributed by atoms with Crippen LogP contribution in [0.15, 0.2) is 30.6 Å². The number of nitrogens with zero attached hydrogens (tertiary/aromatic N) is 4. The molecule has 0 spiro atoms. The fourth-order valence-corrected chi connectivity index (χ4v) is 3.81. The quantitative estimate of drug-likeness (QED) is 0.747. The predicted octanol–water partition coefficient (Wildman–Crippen LogP) is 3.98. The maximum atomic E-state index is 13.4. The van der Waals surface area contributed by atoms with Crippen molar-refractivity contribution in [3.8, 4) is 11.3 Å². The highest BCUT2D eigenvalue weighted by Crippen LogP contribution is 2.31. The standard InChI is InChI=1S/C22H25N5O/c1-4-23-22-24-12-16(13-25-22)20-15(3)19(21(28)27-9-5-6-10-27)17-11-14(2)7-8-18(17)26-20/h7-8,11-13H,4-6,9-10H2,1-3H3,(H,23,24,25). The minimum Gasteiger partial charge on any atom is -0.355 e. The number of anilines is 1. The number of carbonyl (C=O) groups is 1. The highest BCUT2D eigenvalue weighted by atomic mass is 16.2. The molecule has 3 heterocycles. The van der Waals surface area contributed by atoms with E-state index in [1.54, 1.807) is 12.4 Å². The molecule has 1 saturated heterocycles. The third-order valence-electron chi connectivity index (χ3n) is 5.25. The Morgan fingerprint density at radius 3 is 2.54 bits per heavy atom. The highest BCUT2D eigenvalue weighted by Gasteiger charge is 2.25. The van der Waals surface area contributed by atoms with Gasteiger partial charge in [0.25, 0.3) is 5.91 Å². The Balaban J connectivity index is 1.89. The van der Waals surface area contributed by atoms with Crippen molar-refractivity contribution in [2.75, 3.05) is 25.0 Å². The van der Waals surface area contributed by atoms with Crippen LogP contribution < -0.4 is 5.32 Å². The molecule has 1 aliphatic rings. The average molecular weight is 375 g/mol. The van der Waals surface area contributed by atoms with E-state index in [1.807, 2.05) is 37.8 Å². The molecule has 4 rings (SSSR count). The molecule has 1 amide bonds. The van der Waals surface area contributed by atoms with Crippen molar-refractivity contribution in [2.45, 2.75) is 33.6 Å². The summed E-state index contributed by atoms with van der Waals surface area (Å²) in [6, 6.07) is 6.08. The smallest absolute Gasteiger partial charge is 0.254 e. The predicted molar refractivity (Wildman–Crippen MR) is 112 cm³/mol. The molecule has 3 aromatic rings. The zero-order valence-electron chi connectivity index (χ0n) is 16.6. The van der Waals surface area contributed by atoms with Gasteiger partial charge in [-0.1, -0.05) is 11.6 Å². The number of hydrogen-bond donors (Lipinski definition) is 1. The van der Waals surface area contributed by atoms with E-state index in [2.05, 4.69) is 21.4 Å². The lowest BCUT2D eigenvalue weighted by molar-refractivity contribution is 0.0794. The Morgan fingerprint density at radius 1 is 1.14 bits per heavy atom. The van der Waals surface area contributed by atoms with E-state index in [1.165, 1.54) is 0 Å². The lowest BCUT2D eigenvalue weighted by atomic mass is 9.97. The molecule has 0 atom stereocenters. The molecule has 1 aliphatic heterocycles. The van der Waals surface area contributed by atoms with Crippen LogP contribution in [0.4, 0.5) is 5.95 Å². The van der Waals surface area contributed by atoms with Crippen molar-refractivity contribution in [2.24, 2.45) is 0 Å². The number of pyridine rings is 1. The Hall–Kier alpha value is -3.02. The Morgan fingerprint density at radius 2 is 1.86 bits per heavy atom. The van der Waals surface area contributed by atoms with Gasteiger partial charge in [-0.05, 0) is 51.3 Å². The molecule has 2 aromatic heterocycles. The number of rotatable bonds is 4. The molecule has 0 saturated carbocycles. The van der Waals surface area contributed by atoms with Crippen molar-refractivity contribution in [3.63, 3.8) is 0 Å². The first-order valence-corrected chi connectivity index (χ1v) is 9.85. The third kappa shape index (κ3) is 3.30. The number of nitrogens with one attached hydrogen (secondary N) is 1. The average Bonchev–Trinajstić information content (AvgIpc) is 3.23. The number of carbonyl (C=O) groups excluding carboxylic acids is 1. The molecule has 28 heavy (non-hydrogen) atoms. The van der Waals surface area contributed by atoms with Gasteiger partial charge in [-0.15, -0.1) is 0 Å². The van der Waals surface area contributed by atoms with Gasteiger partial charge in [-0.2, -0.15) is 0 Å². The van der Waals surface area contributed by atoms with Crippen molar-refractivity contribution in [1.82, 2.24) is 19.9 Å². The lowest BCUT2D eigenvalue weighted by Crippen LogP contribution is -2.28. The van der Waals surface area contributed by atoms with Crippen molar-refractivity contribution in [3.05, 3.63) is 47.3 Å². The monoisotopic (exact) mass is 375 g/mol. The second-order valence-electron chi connectivity index (χ2n) is 7.31. The highest BCUT2D eigenvalue weighted by molar-refractivity contribution is 6.09. The van der Waals surface area contributed by atoms with E-state index >= 15 is 0 Å². The van der Waals surface area contributed by atoms with Crippen LogP contribution in [0.25, 0.3) is 22.2 Å². The van der Waals surface area contributed by atoms with E-state index < -0.39 is 0 Å². The van der Waals surface area contributed by atoms with E-state index in [0.29, 0.717) is 5.95 Å². The van der Waals surface area contributed by atoms with E-state index in [-0.39, 0.29) is 5.91 Å². The van der Waals surface area contributed by atoms with Gasteiger partial charge in [0.1, 0.15) is 0 Å². The largest absolute Gasteiger partial charge is 0.355 e. The fourth-order valence-electron chi connectivity index (χ4n) is 3.81. The Labute approximate surface area is 165 Å². The summed E-state index contributed by atoms with van der Waals surface area (Å²) in [6.45, 7) is 8.43. The molecule has 0 bridgehead atoms. The molecule has 0 unspecified atom stereocenters. The van der Waals surface area contributed by atoms with Crippen molar-refractivity contribution >= 4 is 22.8 Å². The molecular weight excluding hydrogens is 350 g/mol. The normalized spacial score (nSPS) is 13.9. The van der Waals surface area contributed by atoms with Crippen LogP contribution in [-0.2, 0) is 0 Å². The molecule has 0 radical (unpaired) electrons. The topological polar surface area (TPSA) is 71.0 Å². The summed E-state index contributed by atoms with van der Waals surface area (Å²) in [5.74, 6) is 0.688. The molecular formula is C22H25N5O. The van der Waals surface area contributed by atoms with Gasteiger partial charge in [0, 0.05) is 43.0 Å². The third-order valence-corrected chi connectivity index (χ3v) is 5.25. The number of fused-ring (bicyclic) bond motifs is 1. The van der Waals surface area contributed by atoms with Gasteiger partial charge in [0.05, 0.1) is 16.8 Å². The van der Waals surface area contributed by atoms with Crippen molar-refractivity contribution < 1.29 is 4.79 Å². The van der Waals surface area contributed by atoms with Crippen LogP contribution in [0.2, 0.25) is 0 Å². The fraction of sp³-hybridized carbons (Fsp3) is 0.364. The summed E-state index contributed by atoms with van der Waals surface area (Å²) < 4.78 is 0. The minimum absolute atomic E-state index is 0.0967. The summed E-state index contributed by atoms with van der Waals surface area (Å²) in [4.78, 5) is 28.9. The molecule has 1 fully saturated rings. The van der Waals surface area contributed by atoms with Gasteiger partial charge in [-0.25, -0.2) is 15.0 Å². The van der Waals surface area contributed by atoms with E-state index in [4.69, 9.17) is 4.98 Å². The minimum atomic E-state index is 0.0967. The van der Waals surface area contributed by atoms with Crippen molar-refractivity contribution in [1.29, 1.82) is 0 Å². The van der Waals surface area contributed by atoms with Gasteiger partial charge in [-0.3, -0.25) is 4.79 Å². The Bertz CT molecular complexity index is 1020. The molecule has 6 nitrogen and oxygen atoms in total. The summed E-state index contributed by atoms with van der Waals surface area (Å²) in [5, 5.41) is 4.02. The number of likely N-dealkylation sites (tertiary alicyclic amines) is 1. The van der Waals surface area contributed by atoms with Gasteiger partial charge < -0.3 is 10.2 Å². The molecule has 1 aromatic carbocycles. The van der Waals surface area contributed by atoms with E-state index in [9.17, 15) is 4.79 Å². The first kappa shape index (κ1) is 18.3. The van der Waals surface area contributed by atoms with Crippen LogP contribution in [0.3, 0.4) is 0 Å². The zero-order chi connectivity index (χ0) is 19.7. The number of aryl methyl sites for hydroxylation is 1. The lowest BCUT2D eigenvalue weighted by Gasteiger charge is -2.20. The molecule has 6 heteroatoms. The number of amides is 1. The van der Waals surface area contributed by atoms with Crippen LogP contribution in [0.5, 0.6) is 0 Å². The number of hydrogen-bond acceptors (Lipinski definition) is 5. The maximum absolute atomic E-state index is 13.4. The Kier molecular flexibility index (Phi) is 4.94. The maximum Gasteiger partial charge on any atom is 0.254 e. The molecule has 1 N–H and O–H groups in total. The SMILES string of the molecule is CCNc1ncc(-c2nc3ccc(C)cc3c(C(=O)N3CCCC3)c2C)cn1. The van der Waals surface area contributed by atoms with Crippen LogP contribution in [0, 0.1) is 13.8 Å². The molecule has 0 aliphatic carbocycles. The second-order valence-corrected chi connectivity index (χ2v) is 7.31. The van der Waals surface area contributed by atoms with Gasteiger partial charge in [0.2, 0.25) is 5.95 Å². The van der Waals surface area contributed by atoms with E-state index in [0.717, 1.165) is 71.3 Å².